The highest BCUT2D eigenvalue weighted by molar-refractivity contribution is 5.95. The zero-order chi connectivity index (χ0) is 20.8. The summed E-state index contributed by atoms with van der Waals surface area (Å²) in [5.41, 5.74) is 2.96. The third-order valence-corrected chi connectivity index (χ3v) is 5.02. The molecule has 1 amide bonds. The number of halogens is 2. The van der Waals surface area contributed by atoms with Gasteiger partial charge >= 0.3 is 6.61 Å². The van der Waals surface area contributed by atoms with E-state index in [-0.39, 0.29) is 24.0 Å². The van der Waals surface area contributed by atoms with E-state index in [0.29, 0.717) is 18.7 Å². The first kappa shape index (κ1) is 21.0. The number of hydrogen-bond donors (Lipinski definition) is 0. The highest BCUT2D eigenvalue weighted by atomic mass is 19.3. The molecule has 0 aliphatic carbocycles. The topological polar surface area (TPSA) is 42.0 Å². The van der Waals surface area contributed by atoms with Crippen molar-refractivity contribution in [1.82, 2.24) is 9.80 Å². The zero-order valence-corrected chi connectivity index (χ0v) is 16.7. The van der Waals surface area contributed by atoms with Crippen molar-refractivity contribution >= 4 is 5.91 Å². The molecule has 0 saturated carbocycles. The quantitative estimate of drug-likeness (QED) is 0.701. The average Bonchev–Trinajstić information content (AvgIpc) is 2.71. The van der Waals surface area contributed by atoms with Crippen molar-refractivity contribution in [2.45, 2.75) is 27.0 Å². The molecule has 0 aromatic heterocycles. The zero-order valence-electron chi connectivity index (χ0n) is 16.7. The monoisotopic (exact) mass is 404 g/mol. The highest BCUT2D eigenvalue weighted by Gasteiger charge is 2.23. The molecule has 1 aliphatic heterocycles. The number of piperazine rings is 1. The predicted octanol–water partition coefficient (Wildman–Crippen LogP) is 3.95. The Morgan fingerprint density at radius 2 is 1.79 bits per heavy atom. The Kier molecular flexibility index (Phi) is 7.04. The van der Waals surface area contributed by atoms with E-state index in [2.05, 4.69) is 28.7 Å². The Labute approximate surface area is 169 Å². The Balaban J connectivity index is 1.62. The number of aryl methyl sites for hydroxylation is 1. The molecule has 1 saturated heterocycles. The van der Waals surface area contributed by atoms with Gasteiger partial charge in [0.15, 0.2) is 11.5 Å². The summed E-state index contributed by atoms with van der Waals surface area (Å²) < 4.78 is 34.9. The van der Waals surface area contributed by atoms with Crippen LogP contribution in [-0.4, -0.2) is 55.1 Å². The third kappa shape index (κ3) is 5.44. The molecule has 0 radical (unpaired) electrons. The van der Waals surface area contributed by atoms with Gasteiger partial charge in [0.25, 0.3) is 5.91 Å². The minimum absolute atomic E-state index is 0.0681. The van der Waals surface area contributed by atoms with E-state index in [1.165, 1.54) is 29.3 Å². The van der Waals surface area contributed by atoms with Gasteiger partial charge in [-0.05, 0) is 43.2 Å². The normalized spacial score (nSPS) is 14.9. The number of ether oxygens (including phenoxy) is 2. The average molecular weight is 404 g/mol. The molecule has 2 aromatic carbocycles. The van der Waals surface area contributed by atoms with E-state index in [9.17, 15) is 13.6 Å². The van der Waals surface area contributed by atoms with E-state index in [1.54, 1.807) is 11.8 Å². The van der Waals surface area contributed by atoms with Crippen molar-refractivity contribution in [3.8, 4) is 11.5 Å². The van der Waals surface area contributed by atoms with Gasteiger partial charge in [-0.3, -0.25) is 9.69 Å². The van der Waals surface area contributed by atoms with Crippen molar-refractivity contribution in [1.29, 1.82) is 0 Å². The van der Waals surface area contributed by atoms with E-state index in [0.717, 1.165) is 19.6 Å². The molecule has 1 heterocycles. The SMILES string of the molecule is CCOc1cc(C(=O)N2CCN(Cc3ccccc3C)CC2)ccc1OC(F)F. The molecule has 0 N–H and O–H groups in total. The summed E-state index contributed by atoms with van der Waals surface area (Å²) in [6.45, 7) is 4.85. The number of alkyl halides is 2. The lowest BCUT2D eigenvalue weighted by Crippen LogP contribution is -2.48. The maximum Gasteiger partial charge on any atom is 0.387 e. The van der Waals surface area contributed by atoms with E-state index < -0.39 is 6.61 Å². The van der Waals surface area contributed by atoms with Crippen LogP contribution in [0.25, 0.3) is 0 Å². The lowest BCUT2D eigenvalue weighted by molar-refractivity contribution is -0.0514. The van der Waals surface area contributed by atoms with E-state index >= 15 is 0 Å². The van der Waals surface area contributed by atoms with Crippen molar-refractivity contribution in [2.75, 3.05) is 32.8 Å². The van der Waals surface area contributed by atoms with Crippen LogP contribution < -0.4 is 9.47 Å². The number of rotatable bonds is 7. The summed E-state index contributed by atoms with van der Waals surface area (Å²) in [6.07, 6.45) is 0. The highest BCUT2D eigenvalue weighted by Crippen LogP contribution is 2.30. The van der Waals surface area contributed by atoms with E-state index in [4.69, 9.17) is 4.74 Å². The van der Waals surface area contributed by atoms with Crippen LogP contribution in [0.4, 0.5) is 8.78 Å². The summed E-state index contributed by atoms with van der Waals surface area (Å²) in [5, 5.41) is 0. The van der Waals surface area contributed by atoms with Crippen LogP contribution in [0, 0.1) is 6.92 Å². The second-order valence-corrected chi connectivity index (χ2v) is 6.97. The van der Waals surface area contributed by atoms with E-state index in [1.807, 2.05) is 12.1 Å². The minimum atomic E-state index is -2.95. The smallest absolute Gasteiger partial charge is 0.387 e. The molecule has 5 nitrogen and oxygen atoms in total. The van der Waals surface area contributed by atoms with Crippen LogP contribution >= 0.6 is 0 Å². The second-order valence-electron chi connectivity index (χ2n) is 6.97. The number of carbonyl (C=O) groups is 1. The van der Waals surface area contributed by atoms with Crippen molar-refractivity contribution < 1.29 is 23.0 Å². The fourth-order valence-corrected chi connectivity index (χ4v) is 3.42. The molecule has 0 spiro atoms. The van der Waals surface area contributed by atoms with Crippen molar-refractivity contribution in [2.24, 2.45) is 0 Å². The van der Waals surface area contributed by atoms with Gasteiger partial charge in [-0.1, -0.05) is 24.3 Å². The molecule has 29 heavy (non-hydrogen) atoms. The largest absolute Gasteiger partial charge is 0.490 e. The molecule has 0 atom stereocenters. The van der Waals surface area contributed by atoms with Crippen molar-refractivity contribution in [3.63, 3.8) is 0 Å². The third-order valence-electron chi connectivity index (χ3n) is 5.02. The van der Waals surface area contributed by atoms with Gasteiger partial charge in [0.1, 0.15) is 0 Å². The van der Waals surface area contributed by atoms with Crippen LogP contribution in [0.3, 0.4) is 0 Å². The lowest BCUT2D eigenvalue weighted by atomic mass is 10.1. The van der Waals surface area contributed by atoms with Gasteiger partial charge in [0.2, 0.25) is 0 Å². The van der Waals surface area contributed by atoms with Crippen LogP contribution in [0.5, 0.6) is 11.5 Å². The summed E-state index contributed by atoms with van der Waals surface area (Å²) >= 11 is 0. The molecule has 2 aromatic rings. The number of hydrogen-bond acceptors (Lipinski definition) is 4. The molecule has 3 rings (SSSR count). The fourth-order valence-electron chi connectivity index (χ4n) is 3.42. The number of benzene rings is 2. The molecule has 156 valence electrons. The van der Waals surface area contributed by atoms with Gasteiger partial charge in [0, 0.05) is 38.3 Å². The van der Waals surface area contributed by atoms with Crippen molar-refractivity contribution in [3.05, 3.63) is 59.2 Å². The van der Waals surface area contributed by atoms with Crippen LogP contribution in [-0.2, 0) is 6.54 Å². The van der Waals surface area contributed by atoms with Gasteiger partial charge in [-0.25, -0.2) is 0 Å². The fraction of sp³-hybridized carbons (Fsp3) is 0.409. The first-order valence-electron chi connectivity index (χ1n) is 9.75. The first-order chi connectivity index (χ1) is 14.0. The van der Waals surface area contributed by atoms with Gasteiger partial charge < -0.3 is 14.4 Å². The maximum atomic E-state index is 12.9. The van der Waals surface area contributed by atoms with Crippen LogP contribution in [0.15, 0.2) is 42.5 Å². The maximum absolute atomic E-state index is 12.9. The van der Waals surface area contributed by atoms with Crippen LogP contribution in [0.2, 0.25) is 0 Å². The molecular formula is C22H26F2N2O3. The lowest BCUT2D eigenvalue weighted by Gasteiger charge is -2.35. The Morgan fingerprint density at radius 1 is 1.07 bits per heavy atom. The molecular weight excluding hydrogens is 378 g/mol. The summed E-state index contributed by atoms with van der Waals surface area (Å²) in [5.74, 6) is -0.0524. The first-order valence-corrected chi connectivity index (χ1v) is 9.75. The Morgan fingerprint density at radius 3 is 2.45 bits per heavy atom. The summed E-state index contributed by atoms with van der Waals surface area (Å²) in [6, 6.07) is 12.6. The molecule has 1 fully saturated rings. The van der Waals surface area contributed by atoms with Crippen LogP contribution in [0.1, 0.15) is 28.4 Å². The number of nitrogens with zero attached hydrogens (tertiary/aromatic N) is 2. The Bertz CT molecular complexity index is 837. The molecule has 1 aliphatic rings. The van der Waals surface area contributed by atoms with Gasteiger partial charge in [0.05, 0.1) is 6.61 Å². The predicted molar refractivity (Wildman–Crippen MR) is 107 cm³/mol. The minimum Gasteiger partial charge on any atom is -0.490 e. The number of amides is 1. The second kappa shape index (κ2) is 9.69. The number of carbonyl (C=O) groups excluding carboxylic acids is 1. The molecule has 0 bridgehead atoms. The molecule has 7 heteroatoms. The summed E-state index contributed by atoms with van der Waals surface area (Å²) in [7, 11) is 0. The molecule has 0 unspecified atom stereocenters. The Hall–Kier alpha value is -2.67. The standard InChI is InChI=1S/C22H26F2N2O3/c1-3-28-20-14-17(8-9-19(20)29-22(23)24)21(27)26-12-10-25(11-13-26)15-18-7-5-4-6-16(18)2/h4-9,14,22H,3,10-13,15H2,1-2H3. The van der Waals surface area contributed by atoms with Gasteiger partial charge in [-0.2, -0.15) is 8.78 Å². The summed E-state index contributed by atoms with van der Waals surface area (Å²) in [4.78, 5) is 17.0. The van der Waals surface area contributed by atoms with Gasteiger partial charge in [-0.15, -0.1) is 0 Å².